The van der Waals surface area contributed by atoms with E-state index in [1.54, 1.807) is 11.3 Å². The zero-order chi connectivity index (χ0) is 13.7. The molecule has 0 radical (unpaired) electrons. The summed E-state index contributed by atoms with van der Waals surface area (Å²) in [4.78, 5) is 15.9. The van der Waals surface area contributed by atoms with Gasteiger partial charge in [0.2, 0.25) is 0 Å². The highest BCUT2D eigenvalue weighted by Gasteiger charge is 2.37. The minimum Gasteiger partial charge on any atom is -0.465 e. The van der Waals surface area contributed by atoms with Crippen LogP contribution in [0.4, 0.5) is 0 Å². The summed E-state index contributed by atoms with van der Waals surface area (Å²) in [5, 5.41) is 2.10. The van der Waals surface area contributed by atoms with Crippen molar-refractivity contribution in [2.24, 2.45) is 0 Å². The summed E-state index contributed by atoms with van der Waals surface area (Å²) in [5.41, 5.74) is 0. The number of hydrogen-bond donors (Lipinski definition) is 0. The predicted molar refractivity (Wildman–Crippen MR) is 78.2 cm³/mol. The molecule has 1 atom stereocenters. The molecule has 0 N–H and O–H groups in total. The van der Waals surface area contributed by atoms with Gasteiger partial charge in [0.05, 0.1) is 6.61 Å². The van der Waals surface area contributed by atoms with Gasteiger partial charge < -0.3 is 4.74 Å². The molecule has 0 amide bonds. The molecule has 1 saturated carbocycles. The lowest BCUT2D eigenvalue weighted by molar-refractivity contribution is -0.150. The van der Waals surface area contributed by atoms with Gasteiger partial charge in [-0.05, 0) is 37.6 Å². The molecule has 0 spiro atoms. The van der Waals surface area contributed by atoms with Gasteiger partial charge in [-0.25, -0.2) is 0 Å². The van der Waals surface area contributed by atoms with E-state index in [2.05, 4.69) is 29.3 Å². The van der Waals surface area contributed by atoms with Crippen LogP contribution in [0.3, 0.4) is 0 Å². The lowest BCUT2D eigenvalue weighted by atomic mass is 10.1. The smallest absolute Gasteiger partial charge is 0.323 e. The Morgan fingerprint density at radius 3 is 2.84 bits per heavy atom. The van der Waals surface area contributed by atoms with Crippen molar-refractivity contribution in [3.05, 3.63) is 22.4 Å². The minimum atomic E-state index is -0.0699. The van der Waals surface area contributed by atoms with Crippen molar-refractivity contribution < 1.29 is 9.53 Å². The van der Waals surface area contributed by atoms with Crippen molar-refractivity contribution in [3.63, 3.8) is 0 Å². The second kappa shape index (κ2) is 7.06. The second-order valence-corrected chi connectivity index (χ2v) is 6.07. The SMILES string of the molecule is CCCC(C(=O)OCC)N(Cc1cccs1)C1CC1. The Balaban J connectivity index is 2.07. The number of ether oxygens (including phenoxy) is 1. The number of esters is 1. The van der Waals surface area contributed by atoms with Gasteiger partial charge in [0, 0.05) is 17.5 Å². The van der Waals surface area contributed by atoms with Crippen molar-refractivity contribution in [1.29, 1.82) is 0 Å². The molecule has 3 nitrogen and oxygen atoms in total. The normalized spacial score (nSPS) is 16.6. The van der Waals surface area contributed by atoms with Crippen LogP contribution < -0.4 is 0 Å². The molecule has 1 fully saturated rings. The van der Waals surface area contributed by atoms with Crippen LogP contribution in [0, 0.1) is 0 Å². The third-order valence-electron chi connectivity index (χ3n) is 3.46. The van der Waals surface area contributed by atoms with Gasteiger partial charge in [0.25, 0.3) is 0 Å². The minimum absolute atomic E-state index is 0.0483. The maximum Gasteiger partial charge on any atom is 0.323 e. The number of thiophene rings is 1. The van der Waals surface area contributed by atoms with E-state index in [4.69, 9.17) is 4.74 Å². The Bertz CT molecular complexity index is 387. The highest BCUT2D eigenvalue weighted by atomic mass is 32.1. The van der Waals surface area contributed by atoms with E-state index < -0.39 is 0 Å². The van der Waals surface area contributed by atoms with Gasteiger partial charge in [-0.3, -0.25) is 9.69 Å². The van der Waals surface area contributed by atoms with Crippen LogP contribution in [0.5, 0.6) is 0 Å². The molecule has 0 aliphatic heterocycles. The summed E-state index contributed by atoms with van der Waals surface area (Å²) >= 11 is 1.76. The highest BCUT2D eigenvalue weighted by Crippen LogP contribution is 2.32. The van der Waals surface area contributed by atoms with Crippen LogP contribution >= 0.6 is 11.3 Å². The van der Waals surface area contributed by atoms with E-state index in [-0.39, 0.29) is 12.0 Å². The molecule has 19 heavy (non-hydrogen) atoms. The number of carbonyl (C=O) groups excluding carboxylic acids is 1. The predicted octanol–water partition coefficient (Wildman–Crippen LogP) is 3.44. The average molecular weight is 281 g/mol. The van der Waals surface area contributed by atoms with Crippen molar-refractivity contribution in [1.82, 2.24) is 4.90 Å². The molecule has 106 valence electrons. The van der Waals surface area contributed by atoms with Gasteiger partial charge >= 0.3 is 5.97 Å². The molecule has 1 aromatic heterocycles. The fraction of sp³-hybridized carbons (Fsp3) is 0.667. The Morgan fingerprint density at radius 2 is 2.32 bits per heavy atom. The first-order valence-electron chi connectivity index (χ1n) is 7.21. The molecule has 1 aromatic rings. The molecule has 1 unspecified atom stereocenters. The Labute approximate surface area is 119 Å². The first kappa shape index (κ1) is 14.5. The van der Waals surface area contributed by atoms with Gasteiger partial charge in [-0.15, -0.1) is 11.3 Å². The van der Waals surface area contributed by atoms with E-state index in [1.807, 2.05) is 6.92 Å². The number of nitrogens with zero attached hydrogens (tertiary/aromatic N) is 1. The second-order valence-electron chi connectivity index (χ2n) is 5.04. The highest BCUT2D eigenvalue weighted by molar-refractivity contribution is 7.09. The van der Waals surface area contributed by atoms with Crippen LogP contribution in [-0.2, 0) is 16.1 Å². The van der Waals surface area contributed by atoms with Gasteiger partial charge in [-0.2, -0.15) is 0 Å². The molecular weight excluding hydrogens is 258 g/mol. The maximum absolute atomic E-state index is 12.2. The standard InChI is InChI=1S/C15H23NO2S/c1-3-6-14(15(17)18-4-2)16(12-8-9-12)11-13-7-5-10-19-13/h5,7,10,12,14H,3-4,6,8-9,11H2,1-2H3. The van der Waals surface area contributed by atoms with Crippen LogP contribution in [0.2, 0.25) is 0 Å². The zero-order valence-corrected chi connectivity index (χ0v) is 12.6. The Hall–Kier alpha value is -0.870. The molecular formula is C15H23NO2S. The summed E-state index contributed by atoms with van der Waals surface area (Å²) in [6.45, 7) is 5.35. The summed E-state index contributed by atoms with van der Waals surface area (Å²) in [5.74, 6) is -0.0483. The third-order valence-corrected chi connectivity index (χ3v) is 4.32. The summed E-state index contributed by atoms with van der Waals surface area (Å²) in [6.07, 6.45) is 4.33. The third kappa shape index (κ3) is 4.05. The first-order chi connectivity index (χ1) is 9.26. The Kier molecular flexibility index (Phi) is 5.40. The average Bonchev–Trinajstić information content (AvgIpc) is 3.11. The topological polar surface area (TPSA) is 29.5 Å². The van der Waals surface area contributed by atoms with Crippen molar-refractivity contribution in [2.75, 3.05) is 6.61 Å². The lowest BCUT2D eigenvalue weighted by Crippen LogP contribution is -2.43. The number of hydrogen-bond acceptors (Lipinski definition) is 4. The molecule has 2 rings (SSSR count). The van der Waals surface area contributed by atoms with Crippen molar-refractivity contribution in [2.45, 2.75) is 58.2 Å². The van der Waals surface area contributed by atoms with Crippen LogP contribution in [-0.4, -0.2) is 29.6 Å². The first-order valence-corrected chi connectivity index (χ1v) is 8.09. The molecule has 1 aliphatic carbocycles. The van der Waals surface area contributed by atoms with Crippen LogP contribution in [0.25, 0.3) is 0 Å². The Morgan fingerprint density at radius 1 is 1.53 bits per heavy atom. The lowest BCUT2D eigenvalue weighted by Gasteiger charge is -2.29. The molecule has 1 aliphatic rings. The van der Waals surface area contributed by atoms with Crippen molar-refractivity contribution >= 4 is 17.3 Å². The van der Waals surface area contributed by atoms with E-state index in [0.29, 0.717) is 12.6 Å². The quantitative estimate of drug-likeness (QED) is 0.684. The number of carbonyl (C=O) groups is 1. The molecule has 0 bridgehead atoms. The van der Waals surface area contributed by atoms with E-state index >= 15 is 0 Å². The molecule has 0 saturated heterocycles. The van der Waals surface area contributed by atoms with Gasteiger partial charge in [-0.1, -0.05) is 19.4 Å². The zero-order valence-electron chi connectivity index (χ0n) is 11.8. The fourth-order valence-electron chi connectivity index (χ4n) is 2.41. The maximum atomic E-state index is 12.2. The van der Waals surface area contributed by atoms with E-state index in [9.17, 15) is 4.79 Å². The molecule has 0 aromatic carbocycles. The molecule has 1 heterocycles. The van der Waals surface area contributed by atoms with Gasteiger partial charge in [0.15, 0.2) is 0 Å². The fourth-order valence-corrected chi connectivity index (χ4v) is 3.13. The van der Waals surface area contributed by atoms with Gasteiger partial charge in [0.1, 0.15) is 6.04 Å². The van der Waals surface area contributed by atoms with Crippen LogP contribution in [0.1, 0.15) is 44.4 Å². The molecule has 4 heteroatoms. The van der Waals surface area contributed by atoms with E-state index in [0.717, 1.165) is 19.4 Å². The van der Waals surface area contributed by atoms with Crippen LogP contribution in [0.15, 0.2) is 17.5 Å². The monoisotopic (exact) mass is 281 g/mol. The largest absolute Gasteiger partial charge is 0.465 e. The van der Waals surface area contributed by atoms with Crippen molar-refractivity contribution in [3.8, 4) is 0 Å². The summed E-state index contributed by atoms with van der Waals surface area (Å²) < 4.78 is 5.26. The van der Waals surface area contributed by atoms with E-state index in [1.165, 1.54) is 17.7 Å². The number of rotatable bonds is 8. The summed E-state index contributed by atoms with van der Waals surface area (Å²) in [7, 11) is 0. The summed E-state index contributed by atoms with van der Waals surface area (Å²) in [6, 6.07) is 4.72.